The van der Waals surface area contributed by atoms with Crippen molar-refractivity contribution < 1.29 is 0 Å². The molecule has 1 nitrogen and oxygen atoms in total. The SMILES string of the molecule is C=C/C(CCC)=C(\C=C1\C=CC=CC1)c1cc(-c2ccc3c(c2)c(/C=C\C)c(C=C)n3-c2ccccc2)ccc1C.Cc1cccc(-c2ccc3c4c(cccc24)-c2ccccc2-3)c1. The van der Waals surface area contributed by atoms with Gasteiger partial charge in [0.15, 0.2) is 0 Å². The molecule has 0 aliphatic heterocycles. The molecule has 0 saturated carbocycles. The number of aryl methyl sites for hydroxylation is 2. The number of fused-ring (bicyclic) bond motifs is 4. The second kappa shape index (κ2) is 18.5. The van der Waals surface area contributed by atoms with Crippen molar-refractivity contribution in [3.63, 3.8) is 0 Å². The molecular formula is C63H55N. The van der Waals surface area contributed by atoms with E-state index in [1.807, 2.05) is 12.2 Å². The number of benzene rings is 7. The first-order valence-corrected chi connectivity index (χ1v) is 22.6. The third-order valence-corrected chi connectivity index (χ3v) is 12.7. The Morgan fingerprint density at radius 2 is 1.38 bits per heavy atom. The Hall–Kier alpha value is -7.48. The number of hydrogen-bond donors (Lipinski definition) is 0. The average molecular weight is 826 g/mol. The van der Waals surface area contributed by atoms with E-state index < -0.39 is 0 Å². The van der Waals surface area contributed by atoms with E-state index in [2.05, 4.69) is 234 Å². The van der Waals surface area contributed by atoms with Crippen LogP contribution in [0.25, 0.3) is 89.6 Å². The Balaban J connectivity index is 0.000000188. The van der Waals surface area contributed by atoms with Gasteiger partial charge in [-0.15, -0.1) is 0 Å². The normalized spacial score (nSPS) is 13.6. The minimum Gasteiger partial charge on any atom is -0.309 e. The van der Waals surface area contributed by atoms with Gasteiger partial charge in [-0.2, -0.15) is 0 Å². The molecule has 0 bridgehead atoms. The van der Waals surface area contributed by atoms with Crippen molar-refractivity contribution in [2.75, 3.05) is 0 Å². The predicted octanol–water partition coefficient (Wildman–Crippen LogP) is 17.9. The summed E-state index contributed by atoms with van der Waals surface area (Å²) in [6, 6.07) is 53.0. The third-order valence-electron chi connectivity index (χ3n) is 12.7. The zero-order valence-electron chi connectivity index (χ0n) is 37.5. The highest BCUT2D eigenvalue weighted by Crippen LogP contribution is 2.49. The van der Waals surface area contributed by atoms with Gasteiger partial charge >= 0.3 is 0 Å². The second-order valence-corrected chi connectivity index (χ2v) is 16.8. The summed E-state index contributed by atoms with van der Waals surface area (Å²) >= 11 is 0. The van der Waals surface area contributed by atoms with Crippen LogP contribution >= 0.6 is 0 Å². The first kappa shape index (κ1) is 41.9. The lowest BCUT2D eigenvalue weighted by Gasteiger charge is -2.16. The van der Waals surface area contributed by atoms with Crippen molar-refractivity contribution in [1.29, 1.82) is 0 Å². The van der Waals surface area contributed by atoms with E-state index in [4.69, 9.17) is 0 Å². The highest BCUT2D eigenvalue weighted by Gasteiger charge is 2.22. The van der Waals surface area contributed by atoms with Gasteiger partial charge in [0, 0.05) is 16.6 Å². The van der Waals surface area contributed by atoms with Crippen molar-refractivity contribution in [2.45, 2.75) is 47.0 Å². The lowest BCUT2D eigenvalue weighted by Crippen LogP contribution is -1.96. The number of allylic oxidation sites excluding steroid dienone is 10. The summed E-state index contributed by atoms with van der Waals surface area (Å²) in [5, 5.41) is 3.96. The molecular weight excluding hydrogens is 771 g/mol. The number of hydrogen-bond acceptors (Lipinski definition) is 0. The topological polar surface area (TPSA) is 4.93 Å². The maximum atomic E-state index is 4.20. The molecule has 2 aliphatic carbocycles. The van der Waals surface area contributed by atoms with E-state index in [1.165, 1.54) is 105 Å². The standard InChI is InChI=1S/C40H39N.C23H16/c1-6-16-31(8-3)37(26-30-18-12-10-13-19-30)36-27-32(23-22-29(36)5)33-24-25-40-38(28-33)35(17-7-2)39(9-4)41(40)34-20-14-11-15-21-34;1-15-6-4-7-16(14-15)17-12-13-22-19-9-3-2-8-18(19)21-11-5-10-20(17)23(21)22/h7-15,17-18,20-28H,3-4,6,16,19H2,1-2,5H3;2-14H,1H3/b17-7-,30-26-,37-31-;. The second-order valence-electron chi connectivity index (χ2n) is 16.8. The fraction of sp³-hybridized carbons (Fsp3) is 0.111. The zero-order valence-corrected chi connectivity index (χ0v) is 37.5. The van der Waals surface area contributed by atoms with Gasteiger partial charge in [0.25, 0.3) is 0 Å². The first-order valence-electron chi connectivity index (χ1n) is 22.6. The lowest BCUT2D eigenvalue weighted by atomic mass is 9.88. The predicted molar refractivity (Wildman–Crippen MR) is 280 cm³/mol. The Labute approximate surface area is 379 Å². The van der Waals surface area contributed by atoms with Crippen LogP contribution in [0.3, 0.4) is 0 Å². The molecule has 64 heavy (non-hydrogen) atoms. The highest BCUT2D eigenvalue weighted by molar-refractivity contribution is 6.18. The van der Waals surface area contributed by atoms with Gasteiger partial charge in [0.1, 0.15) is 0 Å². The Bertz CT molecular complexity index is 3210. The van der Waals surface area contributed by atoms with Crippen LogP contribution in [0.5, 0.6) is 0 Å². The Morgan fingerprint density at radius 3 is 2.09 bits per heavy atom. The molecule has 0 unspecified atom stereocenters. The van der Waals surface area contributed by atoms with Crippen LogP contribution in [0.1, 0.15) is 61.1 Å². The van der Waals surface area contributed by atoms with Gasteiger partial charge in [-0.05, 0) is 153 Å². The van der Waals surface area contributed by atoms with E-state index in [0.717, 1.165) is 30.6 Å². The summed E-state index contributed by atoms with van der Waals surface area (Å²) in [5.74, 6) is 0. The summed E-state index contributed by atoms with van der Waals surface area (Å²) in [6.45, 7) is 17.0. The van der Waals surface area contributed by atoms with Crippen molar-refractivity contribution in [2.24, 2.45) is 0 Å². The van der Waals surface area contributed by atoms with Crippen molar-refractivity contribution >= 4 is 39.4 Å². The molecule has 0 fully saturated rings. The van der Waals surface area contributed by atoms with Gasteiger partial charge < -0.3 is 4.57 Å². The lowest BCUT2D eigenvalue weighted by molar-refractivity contribution is 0.929. The van der Waals surface area contributed by atoms with Crippen molar-refractivity contribution in [3.05, 3.63) is 240 Å². The summed E-state index contributed by atoms with van der Waals surface area (Å²) < 4.78 is 2.31. The third kappa shape index (κ3) is 7.91. The molecule has 0 saturated heterocycles. The van der Waals surface area contributed by atoms with E-state index >= 15 is 0 Å². The fourth-order valence-electron chi connectivity index (χ4n) is 9.66. The Morgan fingerprint density at radius 1 is 0.656 bits per heavy atom. The Kier molecular flexibility index (Phi) is 12.1. The van der Waals surface area contributed by atoms with E-state index in [9.17, 15) is 0 Å². The van der Waals surface area contributed by atoms with Crippen LogP contribution in [0.2, 0.25) is 0 Å². The van der Waals surface area contributed by atoms with Crippen LogP contribution in [0.15, 0.2) is 212 Å². The van der Waals surface area contributed by atoms with Gasteiger partial charge in [-0.1, -0.05) is 196 Å². The molecule has 1 heteroatoms. The molecule has 0 atom stereocenters. The minimum absolute atomic E-state index is 0.948. The van der Waals surface area contributed by atoms with E-state index in [-0.39, 0.29) is 0 Å². The number of rotatable bonds is 10. The van der Waals surface area contributed by atoms with Crippen LogP contribution in [0, 0.1) is 13.8 Å². The molecule has 1 aromatic heterocycles. The molecule has 0 amide bonds. The largest absolute Gasteiger partial charge is 0.309 e. The van der Waals surface area contributed by atoms with Crippen molar-refractivity contribution in [3.8, 4) is 50.2 Å². The van der Waals surface area contributed by atoms with Crippen LogP contribution in [0.4, 0.5) is 0 Å². The summed E-state index contributed by atoms with van der Waals surface area (Å²) in [4.78, 5) is 0. The van der Waals surface area contributed by atoms with E-state index in [0.29, 0.717) is 0 Å². The number of aromatic nitrogens is 1. The number of para-hydroxylation sites is 1. The summed E-state index contributed by atoms with van der Waals surface area (Å²) in [5.41, 5.74) is 22.8. The summed E-state index contributed by atoms with van der Waals surface area (Å²) in [7, 11) is 0. The van der Waals surface area contributed by atoms with Crippen molar-refractivity contribution in [1.82, 2.24) is 4.57 Å². The van der Waals surface area contributed by atoms with Gasteiger partial charge in [-0.3, -0.25) is 0 Å². The first-order chi connectivity index (χ1) is 31.4. The van der Waals surface area contributed by atoms with Crippen LogP contribution in [-0.4, -0.2) is 4.57 Å². The van der Waals surface area contributed by atoms with Gasteiger partial charge in [0.05, 0.1) is 11.2 Å². The fourth-order valence-corrected chi connectivity index (χ4v) is 9.66. The van der Waals surface area contributed by atoms with Gasteiger partial charge in [0.2, 0.25) is 0 Å². The minimum atomic E-state index is 0.948. The molecule has 10 rings (SSSR count). The van der Waals surface area contributed by atoms with Gasteiger partial charge in [-0.25, -0.2) is 0 Å². The molecule has 2 aliphatic rings. The molecule has 312 valence electrons. The van der Waals surface area contributed by atoms with E-state index in [1.54, 1.807) is 0 Å². The molecule has 1 heterocycles. The molecule has 8 aromatic rings. The molecule has 0 N–H and O–H groups in total. The smallest absolute Gasteiger partial charge is 0.0541 e. The molecule has 7 aromatic carbocycles. The summed E-state index contributed by atoms with van der Waals surface area (Å²) in [6.07, 6.45) is 22.4. The average Bonchev–Trinajstić information content (AvgIpc) is 3.84. The maximum absolute atomic E-state index is 4.20. The van der Waals surface area contributed by atoms with Crippen LogP contribution < -0.4 is 0 Å². The quantitative estimate of drug-likeness (QED) is 0.121. The highest BCUT2D eigenvalue weighted by atomic mass is 15.0. The zero-order chi connectivity index (χ0) is 44.2. The molecule has 0 radical (unpaired) electrons. The van der Waals surface area contributed by atoms with Crippen LogP contribution in [-0.2, 0) is 0 Å². The molecule has 0 spiro atoms. The monoisotopic (exact) mass is 825 g/mol. The maximum Gasteiger partial charge on any atom is 0.0541 e. The number of nitrogens with zero attached hydrogens (tertiary/aromatic N) is 1.